The van der Waals surface area contributed by atoms with Crippen LogP contribution in [-0.2, 0) is 9.53 Å². The first-order valence-corrected chi connectivity index (χ1v) is 6.68. The van der Waals surface area contributed by atoms with Gasteiger partial charge in [-0.3, -0.25) is 4.79 Å². The van der Waals surface area contributed by atoms with Crippen LogP contribution in [0.2, 0.25) is 0 Å². The quantitative estimate of drug-likeness (QED) is 0.613. The van der Waals surface area contributed by atoms with E-state index in [9.17, 15) is 4.79 Å². The molecule has 102 valence electrons. The number of nitrogens with zero attached hydrogens (tertiary/aromatic N) is 1. The Kier molecular flexibility index (Phi) is 8.23. The molecule has 0 radical (unpaired) electrons. The van der Waals surface area contributed by atoms with E-state index in [4.69, 9.17) is 4.74 Å². The molecule has 0 saturated heterocycles. The van der Waals surface area contributed by atoms with Crippen molar-refractivity contribution in [1.29, 1.82) is 0 Å². The van der Waals surface area contributed by atoms with Gasteiger partial charge in [0.05, 0.1) is 13.0 Å². The fraction of sp³-hybridized carbons (Fsp3) is 0.929. The molecule has 0 rings (SSSR count). The van der Waals surface area contributed by atoms with E-state index in [0.29, 0.717) is 18.4 Å². The van der Waals surface area contributed by atoms with E-state index in [2.05, 4.69) is 27.7 Å². The van der Waals surface area contributed by atoms with Gasteiger partial charge in [0.1, 0.15) is 0 Å². The highest BCUT2D eigenvalue weighted by molar-refractivity contribution is 5.75. The smallest absolute Gasteiger partial charge is 0.224 e. The van der Waals surface area contributed by atoms with Gasteiger partial charge in [-0.1, -0.05) is 34.1 Å². The molecule has 0 aromatic heterocycles. The Balaban J connectivity index is 3.51. The summed E-state index contributed by atoms with van der Waals surface area (Å²) in [5, 5.41) is 0. The van der Waals surface area contributed by atoms with Gasteiger partial charge in [-0.25, -0.2) is 0 Å². The summed E-state index contributed by atoms with van der Waals surface area (Å²) in [4.78, 5) is 13.5. The minimum absolute atomic E-state index is 0.189. The molecule has 0 aromatic carbocycles. The molecule has 0 saturated carbocycles. The first-order chi connectivity index (χ1) is 7.87. The van der Waals surface area contributed by atoms with Crippen molar-refractivity contribution in [3.8, 4) is 0 Å². The van der Waals surface area contributed by atoms with Crippen LogP contribution in [0.15, 0.2) is 0 Å². The van der Waals surface area contributed by atoms with Crippen LogP contribution in [0.1, 0.15) is 53.4 Å². The average molecular weight is 243 g/mol. The number of hydrogen-bond acceptors (Lipinski definition) is 2. The van der Waals surface area contributed by atoms with Crippen molar-refractivity contribution >= 4 is 5.91 Å². The van der Waals surface area contributed by atoms with Crippen molar-refractivity contribution in [3.63, 3.8) is 0 Å². The Morgan fingerprint density at radius 2 is 1.88 bits per heavy atom. The van der Waals surface area contributed by atoms with E-state index in [1.54, 1.807) is 4.90 Å². The molecule has 0 bridgehead atoms. The molecule has 0 fully saturated rings. The molecule has 1 amide bonds. The van der Waals surface area contributed by atoms with Gasteiger partial charge < -0.3 is 9.64 Å². The van der Waals surface area contributed by atoms with Crippen LogP contribution >= 0.6 is 0 Å². The predicted octanol–water partition coefficient (Wildman–Crippen LogP) is 3.09. The number of ether oxygens (including phenoxy) is 1. The second kappa shape index (κ2) is 8.51. The Labute approximate surface area is 107 Å². The highest BCUT2D eigenvalue weighted by Gasteiger charge is 2.10. The average Bonchev–Trinajstić information content (AvgIpc) is 2.23. The second-order valence-electron chi connectivity index (χ2n) is 5.84. The number of carbonyl (C=O) groups excluding carboxylic acids is 1. The molecule has 0 N–H and O–H groups in total. The third-order valence-electron chi connectivity index (χ3n) is 2.73. The highest BCUT2D eigenvalue weighted by Crippen LogP contribution is 2.17. The summed E-state index contributed by atoms with van der Waals surface area (Å²) in [6, 6.07) is 0. The SMILES string of the molecule is CCCCN(C)C(=O)CCOCCC(C)(C)C. The first kappa shape index (κ1) is 16.4. The predicted molar refractivity (Wildman–Crippen MR) is 72.1 cm³/mol. The molecule has 3 nitrogen and oxygen atoms in total. The topological polar surface area (TPSA) is 29.5 Å². The maximum Gasteiger partial charge on any atom is 0.224 e. The zero-order valence-electron chi connectivity index (χ0n) is 12.2. The van der Waals surface area contributed by atoms with E-state index >= 15 is 0 Å². The Hall–Kier alpha value is -0.570. The lowest BCUT2D eigenvalue weighted by Crippen LogP contribution is -2.28. The van der Waals surface area contributed by atoms with E-state index in [-0.39, 0.29) is 5.91 Å². The highest BCUT2D eigenvalue weighted by atomic mass is 16.5. The minimum Gasteiger partial charge on any atom is -0.381 e. The number of amides is 1. The third-order valence-corrected chi connectivity index (χ3v) is 2.73. The van der Waals surface area contributed by atoms with E-state index in [1.165, 1.54) is 0 Å². The van der Waals surface area contributed by atoms with Crippen LogP contribution < -0.4 is 0 Å². The molecule has 3 heteroatoms. The van der Waals surface area contributed by atoms with Crippen molar-refractivity contribution in [2.24, 2.45) is 5.41 Å². The Morgan fingerprint density at radius 1 is 1.24 bits per heavy atom. The summed E-state index contributed by atoms with van der Waals surface area (Å²) >= 11 is 0. The van der Waals surface area contributed by atoms with Gasteiger partial charge in [0.25, 0.3) is 0 Å². The Bertz CT molecular complexity index is 209. The van der Waals surface area contributed by atoms with E-state index < -0.39 is 0 Å². The maximum absolute atomic E-state index is 11.7. The van der Waals surface area contributed by atoms with E-state index in [0.717, 1.165) is 32.4 Å². The van der Waals surface area contributed by atoms with Crippen molar-refractivity contribution in [3.05, 3.63) is 0 Å². The van der Waals surface area contributed by atoms with Gasteiger partial charge in [0.2, 0.25) is 5.91 Å². The molecule has 0 spiro atoms. The van der Waals surface area contributed by atoms with Crippen LogP contribution in [-0.4, -0.2) is 37.6 Å². The van der Waals surface area contributed by atoms with Crippen molar-refractivity contribution < 1.29 is 9.53 Å². The molecular formula is C14H29NO2. The fourth-order valence-electron chi connectivity index (χ4n) is 1.35. The van der Waals surface area contributed by atoms with Gasteiger partial charge in [-0.05, 0) is 18.3 Å². The van der Waals surface area contributed by atoms with E-state index in [1.807, 2.05) is 7.05 Å². The molecule has 0 aromatic rings. The normalized spacial score (nSPS) is 11.6. The molecule has 0 heterocycles. The van der Waals surface area contributed by atoms with Crippen LogP contribution in [0.5, 0.6) is 0 Å². The lowest BCUT2D eigenvalue weighted by atomic mass is 9.93. The number of rotatable bonds is 8. The number of hydrogen-bond donors (Lipinski definition) is 0. The van der Waals surface area contributed by atoms with Crippen LogP contribution in [0.25, 0.3) is 0 Å². The van der Waals surface area contributed by atoms with Gasteiger partial charge >= 0.3 is 0 Å². The van der Waals surface area contributed by atoms with Crippen LogP contribution in [0, 0.1) is 5.41 Å². The molecule has 0 atom stereocenters. The van der Waals surface area contributed by atoms with Crippen molar-refractivity contribution in [2.75, 3.05) is 26.8 Å². The molecule has 0 unspecified atom stereocenters. The van der Waals surface area contributed by atoms with Crippen LogP contribution in [0.4, 0.5) is 0 Å². The zero-order valence-corrected chi connectivity index (χ0v) is 12.2. The van der Waals surface area contributed by atoms with Crippen molar-refractivity contribution in [1.82, 2.24) is 4.90 Å². The van der Waals surface area contributed by atoms with Gasteiger partial charge in [-0.15, -0.1) is 0 Å². The zero-order chi connectivity index (χ0) is 13.3. The molecule has 17 heavy (non-hydrogen) atoms. The molecule has 0 aliphatic heterocycles. The lowest BCUT2D eigenvalue weighted by molar-refractivity contribution is -0.131. The summed E-state index contributed by atoms with van der Waals surface area (Å²) in [7, 11) is 1.87. The van der Waals surface area contributed by atoms with Crippen LogP contribution in [0.3, 0.4) is 0 Å². The lowest BCUT2D eigenvalue weighted by Gasteiger charge is -2.19. The molecule has 0 aliphatic carbocycles. The monoisotopic (exact) mass is 243 g/mol. The fourth-order valence-corrected chi connectivity index (χ4v) is 1.35. The number of carbonyl (C=O) groups is 1. The standard InChI is InChI=1S/C14H29NO2/c1-6-7-10-15(5)13(16)8-11-17-12-9-14(2,3)4/h6-12H2,1-5H3. The maximum atomic E-state index is 11.7. The minimum atomic E-state index is 0.189. The summed E-state index contributed by atoms with van der Waals surface area (Å²) in [5.41, 5.74) is 0.307. The number of unbranched alkanes of at least 4 members (excludes halogenated alkanes) is 1. The van der Waals surface area contributed by atoms with Gasteiger partial charge in [0.15, 0.2) is 0 Å². The second-order valence-corrected chi connectivity index (χ2v) is 5.84. The largest absolute Gasteiger partial charge is 0.381 e. The van der Waals surface area contributed by atoms with Crippen molar-refractivity contribution in [2.45, 2.75) is 53.4 Å². The first-order valence-electron chi connectivity index (χ1n) is 6.68. The summed E-state index contributed by atoms with van der Waals surface area (Å²) in [6.45, 7) is 10.9. The summed E-state index contributed by atoms with van der Waals surface area (Å²) in [5.74, 6) is 0.189. The summed E-state index contributed by atoms with van der Waals surface area (Å²) in [6.07, 6.45) is 3.74. The molecular weight excluding hydrogens is 214 g/mol. The Morgan fingerprint density at radius 3 is 2.41 bits per heavy atom. The summed E-state index contributed by atoms with van der Waals surface area (Å²) < 4.78 is 5.49. The van der Waals surface area contributed by atoms with Gasteiger partial charge in [0, 0.05) is 20.2 Å². The third kappa shape index (κ3) is 10.3. The van der Waals surface area contributed by atoms with Gasteiger partial charge in [-0.2, -0.15) is 0 Å². The molecule has 0 aliphatic rings.